The number of halogens is 1. The van der Waals surface area contributed by atoms with Gasteiger partial charge >= 0.3 is 0 Å². The van der Waals surface area contributed by atoms with E-state index in [9.17, 15) is 0 Å². The molecule has 1 unspecified atom stereocenters. The molecular weight excluding hydrogens is 267 g/mol. The Bertz CT molecular complexity index is 155. The Kier molecular flexibility index (Phi) is 2.92. The molecule has 0 radical (unpaired) electrons. The summed E-state index contributed by atoms with van der Waals surface area (Å²) in [5.74, 6) is 0.470. The van der Waals surface area contributed by atoms with Gasteiger partial charge in [-0.25, -0.2) is 0 Å². The van der Waals surface area contributed by atoms with E-state index in [0.29, 0.717) is 5.92 Å². The maximum atomic E-state index is 5.80. The lowest BCUT2D eigenvalue weighted by Gasteiger charge is -2.38. The maximum Gasteiger partial charge on any atom is 0.171 e. The highest BCUT2D eigenvalue weighted by atomic mass is 127. The lowest BCUT2D eigenvalue weighted by atomic mass is 10.0. The fourth-order valence-electron chi connectivity index (χ4n) is 2.18. The van der Waals surface area contributed by atoms with Crippen molar-refractivity contribution in [3.05, 3.63) is 0 Å². The summed E-state index contributed by atoms with van der Waals surface area (Å²) in [5, 5.41) is 0. The second-order valence-corrected chi connectivity index (χ2v) is 4.49. The normalized spacial score (nSPS) is 34.2. The predicted octanol–water partition coefficient (Wildman–Crippen LogP) is 2.35. The minimum Gasteiger partial charge on any atom is -0.350 e. The van der Waals surface area contributed by atoms with Crippen LogP contribution in [0, 0.1) is 5.92 Å². The van der Waals surface area contributed by atoms with Gasteiger partial charge in [-0.3, -0.25) is 0 Å². The number of rotatable bonds is 1. The van der Waals surface area contributed by atoms with Crippen molar-refractivity contribution < 1.29 is 9.47 Å². The van der Waals surface area contributed by atoms with Crippen LogP contribution in [-0.4, -0.2) is 23.4 Å². The van der Waals surface area contributed by atoms with E-state index in [1.807, 2.05) is 0 Å². The summed E-state index contributed by atoms with van der Waals surface area (Å²) >= 11 is 2.44. The Balaban J connectivity index is 2.05. The quantitative estimate of drug-likeness (QED) is 0.543. The van der Waals surface area contributed by atoms with Crippen molar-refractivity contribution in [1.29, 1.82) is 0 Å². The van der Waals surface area contributed by atoms with Gasteiger partial charge in [-0.15, -0.1) is 0 Å². The van der Waals surface area contributed by atoms with E-state index in [1.165, 1.54) is 12.8 Å². The number of ether oxygens (including phenoxy) is 2. The summed E-state index contributed by atoms with van der Waals surface area (Å²) in [6.45, 7) is 1.79. The first-order valence-electron chi connectivity index (χ1n) is 4.71. The third-order valence-electron chi connectivity index (χ3n) is 2.87. The van der Waals surface area contributed by atoms with Crippen LogP contribution < -0.4 is 0 Å². The molecule has 12 heavy (non-hydrogen) atoms. The third kappa shape index (κ3) is 1.51. The topological polar surface area (TPSA) is 18.5 Å². The number of hydrogen-bond donors (Lipinski definition) is 0. The van der Waals surface area contributed by atoms with Crippen molar-refractivity contribution in [3.8, 4) is 0 Å². The summed E-state index contributed by atoms with van der Waals surface area (Å²) in [6.07, 6.45) is 4.73. The lowest BCUT2D eigenvalue weighted by molar-refractivity contribution is -0.280. The van der Waals surface area contributed by atoms with Crippen LogP contribution in [0.25, 0.3) is 0 Å². The van der Waals surface area contributed by atoms with Crippen LogP contribution in [0.5, 0.6) is 0 Å². The average Bonchev–Trinajstić information content (AvgIpc) is 2.49. The van der Waals surface area contributed by atoms with Gasteiger partial charge < -0.3 is 9.47 Å². The van der Waals surface area contributed by atoms with Gasteiger partial charge in [0.2, 0.25) is 0 Å². The number of hydrogen-bond acceptors (Lipinski definition) is 2. The molecule has 1 heterocycles. The molecule has 1 saturated carbocycles. The fraction of sp³-hybridized carbons (Fsp3) is 1.00. The Morgan fingerprint density at radius 1 is 1.25 bits per heavy atom. The second kappa shape index (κ2) is 3.80. The molecule has 0 aromatic heterocycles. The van der Waals surface area contributed by atoms with Crippen molar-refractivity contribution in [2.75, 3.05) is 17.6 Å². The zero-order chi connectivity index (χ0) is 8.44. The Labute approximate surface area is 87.1 Å². The third-order valence-corrected chi connectivity index (χ3v) is 3.93. The van der Waals surface area contributed by atoms with E-state index in [4.69, 9.17) is 9.47 Å². The minimum atomic E-state index is -0.167. The highest BCUT2D eigenvalue weighted by Gasteiger charge is 2.45. The summed E-state index contributed by atoms with van der Waals surface area (Å²) in [7, 11) is 0. The van der Waals surface area contributed by atoms with Crippen LogP contribution in [0.3, 0.4) is 0 Å². The first-order valence-corrected chi connectivity index (χ1v) is 6.24. The van der Waals surface area contributed by atoms with Gasteiger partial charge in [0.05, 0.1) is 13.2 Å². The Morgan fingerprint density at radius 3 is 2.67 bits per heavy atom. The largest absolute Gasteiger partial charge is 0.350 e. The van der Waals surface area contributed by atoms with Crippen LogP contribution in [0.15, 0.2) is 0 Å². The molecule has 1 atom stereocenters. The van der Waals surface area contributed by atoms with Crippen LogP contribution in [-0.2, 0) is 9.47 Å². The van der Waals surface area contributed by atoms with Crippen LogP contribution >= 0.6 is 22.6 Å². The SMILES string of the molecule is ICC1CCCC12OCCCO2. The molecule has 0 N–H and O–H groups in total. The molecule has 1 spiro atoms. The first-order chi connectivity index (χ1) is 5.87. The first kappa shape index (κ1) is 9.21. The monoisotopic (exact) mass is 282 g/mol. The summed E-state index contributed by atoms with van der Waals surface area (Å²) < 4.78 is 12.8. The van der Waals surface area contributed by atoms with Gasteiger partial charge in [0.25, 0.3) is 0 Å². The van der Waals surface area contributed by atoms with Crippen molar-refractivity contribution in [2.45, 2.75) is 31.5 Å². The van der Waals surface area contributed by atoms with Crippen molar-refractivity contribution in [3.63, 3.8) is 0 Å². The van der Waals surface area contributed by atoms with E-state index in [-0.39, 0.29) is 5.79 Å². The number of alkyl halides is 1. The molecule has 0 aromatic carbocycles. The van der Waals surface area contributed by atoms with Gasteiger partial charge in [0, 0.05) is 16.8 Å². The van der Waals surface area contributed by atoms with E-state index in [2.05, 4.69) is 22.6 Å². The molecule has 0 aromatic rings. The maximum absolute atomic E-state index is 5.80. The zero-order valence-corrected chi connectivity index (χ0v) is 9.38. The van der Waals surface area contributed by atoms with Gasteiger partial charge in [-0.2, -0.15) is 0 Å². The molecule has 2 fully saturated rings. The van der Waals surface area contributed by atoms with Gasteiger partial charge in [-0.1, -0.05) is 22.6 Å². The highest BCUT2D eigenvalue weighted by molar-refractivity contribution is 14.1. The molecule has 0 amide bonds. The van der Waals surface area contributed by atoms with Crippen LogP contribution in [0.4, 0.5) is 0 Å². The van der Waals surface area contributed by atoms with E-state index in [0.717, 1.165) is 30.5 Å². The minimum absolute atomic E-state index is 0.167. The zero-order valence-electron chi connectivity index (χ0n) is 7.22. The molecule has 3 heteroatoms. The van der Waals surface area contributed by atoms with Crippen molar-refractivity contribution in [1.82, 2.24) is 0 Å². The molecule has 0 bridgehead atoms. The standard InChI is InChI=1S/C9H15IO2/c10-7-8-3-1-4-9(8)11-5-2-6-12-9/h8H,1-7H2. The van der Waals surface area contributed by atoms with Gasteiger partial charge in [0.15, 0.2) is 5.79 Å². The molecule has 1 saturated heterocycles. The fourth-order valence-corrected chi connectivity index (χ4v) is 3.30. The van der Waals surface area contributed by atoms with Crippen molar-refractivity contribution in [2.24, 2.45) is 5.92 Å². The molecule has 1 aliphatic heterocycles. The summed E-state index contributed by atoms with van der Waals surface area (Å²) in [5.41, 5.74) is 0. The second-order valence-electron chi connectivity index (χ2n) is 3.61. The Morgan fingerprint density at radius 2 is 2.00 bits per heavy atom. The average molecular weight is 282 g/mol. The van der Waals surface area contributed by atoms with E-state index >= 15 is 0 Å². The van der Waals surface area contributed by atoms with Gasteiger partial charge in [-0.05, 0) is 19.3 Å². The summed E-state index contributed by atoms with van der Waals surface area (Å²) in [6, 6.07) is 0. The van der Waals surface area contributed by atoms with Crippen LogP contribution in [0.2, 0.25) is 0 Å². The van der Waals surface area contributed by atoms with E-state index in [1.54, 1.807) is 0 Å². The Hall–Kier alpha value is 0.650. The highest BCUT2D eigenvalue weighted by Crippen LogP contribution is 2.42. The molecule has 70 valence electrons. The van der Waals surface area contributed by atoms with Crippen molar-refractivity contribution >= 4 is 22.6 Å². The lowest BCUT2D eigenvalue weighted by Crippen LogP contribution is -2.44. The van der Waals surface area contributed by atoms with Gasteiger partial charge in [0.1, 0.15) is 0 Å². The smallest absolute Gasteiger partial charge is 0.171 e. The van der Waals surface area contributed by atoms with Crippen LogP contribution in [0.1, 0.15) is 25.7 Å². The molecule has 1 aliphatic carbocycles. The molecule has 2 rings (SSSR count). The summed E-state index contributed by atoms with van der Waals surface area (Å²) in [4.78, 5) is 0. The predicted molar refractivity (Wildman–Crippen MR) is 55.5 cm³/mol. The molecule has 2 aliphatic rings. The molecule has 2 nitrogen and oxygen atoms in total. The molecular formula is C9H15IO2. The van der Waals surface area contributed by atoms with E-state index < -0.39 is 0 Å².